The summed E-state index contributed by atoms with van der Waals surface area (Å²) in [4.78, 5) is 18.4. The smallest absolute Gasteiger partial charge is 0.357 e. The van der Waals surface area contributed by atoms with Crippen molar-refractivity contribution in [3.8, 4) is 0 Å². The Balaban J connectivity index is 2.19. The first kappa shape index (κ1) is 18.8. The molecule has 0 unspecified atom stereocenters. The number of hydrogen-bond donors (Lipinski definition) is 1. The molecule has 25 heavy (non-hydrogen) atoms. The first-order chi connectivity index (χ1) is 11.9. The number of amides is 1. The molecule has 0 radical (unpaired) electrons. The number of aromatic nitrogens is 1. The van der Waals surface area contributed by atoms with E-state index in [1.807, 2.05) is 24.1 Å². The molecule has 0 aliphatic rings. The number of nitrogens with zero attached hydrogens (tertiary/aromatic N) is 2. The van der Waals surface area contributed by atoms with Crippen LogP contribution in [0.1, 0.15) is 35.8 Å². The van der Waals surface area contributed by atoms with Gasteiger partial charge in [-0.3, -0.25) is 4.79 Å². The third-order valence-corrected chi connectivity index (χ3v) is 3.83. The van der Waals surface area contributed by atoms with Crippen LogP contribution in [0, 0.1) is 0 Å². The van der Waals surface area contributed by atoms with Crippen LogP contribution in [0.25, 0.3) is 0 Å². The van der Waals surface area contributed by atoms with E-state index in [2.05, 4.69) is 4.98 Å². The lowest BCUT2D eigenvalue weighted by Gasteiger charge is -2.22. The Morgan fingerprint density at radius 2 is 1.76 bits per heavy atom. The number of carbonyl (C=O) groups excluding carboxylic acids is 1. The normalized spacial score (nSPS) is 12.5. The van der Waals surface area contributed by atoms with E-state index < -0.39 is 18.1 Å². The Morgan fingerprint density at radius 3 is 2.24 bits per heavy atom. The van der Waals surface area contributed by atoms with Crippen molar-refractivity contribution in [2.75, 3.05) is 18.0 Å². The zero-order valence-electron chi connectivity index (χ0n) is 14.0. The zero-order valence-corrected chi connectivity index (χ0v) is 14.0. The fourth-order valence-corrected chi connectivity index (χ4v) is 2.47. The highest BCUT2D eigenvalue weighted by atomic mass is 19.4. The van der Waals surface area contributed by atoms with Crippen molar-refractivity contribution >= 4 is 11.7 Å². The van der Waals surface area contributed by atoms with E-state index in [1.54, 1.807) is 12.1 Å². The van der Waals surface area contributed by atoms with Crippen LogP contribution in [0.3, 0.4) is 0 Å². The maximum atomic E-state index is 13.3. The van der Waals surface area contributed by atoms with Crippen molar-refractivity contribution in [3.63, 3.8) is 0 Å². The minimum absolute atomic E-state index is 0.0175. The second-order valence-electron chi connectivity index (χ2n) is 5.44. The summed E-state index contributed by atoms with van der Waals surface area (Å²) in [6.07, 6.45) is -3.30. The summed E-state index contributed by atoms with van der Waals surface area (Å²) >= 11 is 0. The molecule has 1 aromatic heterocycles. The Labute approximate surface area is 144 Å². The van der Waals surface area contributed by atoms with Gasteiger partial charge in [-0.05, 0) is 31.5 Å². The second-order valence-corrected chi connectivity index (χ2v) is 5.44. The van der Waals surface area contributed by atoms with Crippen LogP contribution in [0.5, 0.6) is 0 Å². The highest BCUT2D eigenvalue weighted by Crippen LogP contribution is 2.32. The fraction of sp³-hybridized carbons (Fsp3) is 0.333. The number of pyridine rings is 1. The third kappa shape index (κ3) is 4.71. The lowest BCUT2D eigenvalue weighted by atomic mass is 10.1. The summed E-state index contributed by atoms with van der Waals surface area (Å²) in [6, 6.07) is 8.33. The molecule has 0 spiro atoms. The predicted molar refractivity (Wildman–Crippen MR) is 90.5 cm³/mol. The molecule has 0 fully saturated rings. The van der Waals surface area contributed by atoms with Crippen LogP contribution < -0.4 is 10.2 Å². The fourth-order valence-electron chi connectivity index (χ4n) is 2.47. The minimum atomic E-state index is -4.59. The van der Waals surface area contributed by atoms with Crippen LogP contribution in [-0.4, -0.2) is 30.2 Å². The lowest BCUT2D eigenvalue weighted by Crippen LogP contribution is -2.38. The molecular formula is C18H20F3N3O. The largest absolute Gasteiger partial charge is 0.412 e. The Hall–Kier alpha value is -2.57. The third-order valence-electron chi connectivity index (χ3n) is 3.83. The van der Waals surface area contributed by atoms with Crippen LogP contribution in [0.4, 0.5) is 19.0 Å². The summed E-state index contributed by atoms with van der Waals surface area (Å²) in [5.74, 6) is -0.137. The first-order valence-electron chi connectivity index (χ1n) is 8.00. The molecule has 1 N–H and O–H groups in total. The van der Waals surface area contributed by atoms with Crippen molar-refractivity contribution in [3.05, 3.63) is 59.8 Å². The molecule has 0 aliphatic carbocycles. The van der Waals surface area contributed by atoms with E-state index in [1.165, 1.54) is 36.5 Å². The summed E-state index contributed by atoms with van der Waals surface area (Å²) < 4.78 is 39.9. The molecule has 7 heteroatoms. The number of carbonyl (C=O) groups is 1. The number of halogens is 3. The van der Waals surface area contributed by atoms with Crippen LogP contribution in [0.2, 0.25) is 0 Å². The Morgan fingerprint density at radius 1 is 1.12 bits per heavy atom. The van der Waals surface area contributed by atoms with Gasteiger partial charge in [0.15, 0.2) is 6.04 Å². The minimum Gasteiger partial charge on any atom is -0.357 e. The standard InChI is InChI=1S/C18H20F3N3O/c1-3-24(4-2)15-11-10-14(12-22-15)17(25)23-16(18(19,20)21)13-8-6-5-7-9-13/h5-12,16H,3-4H2,1-2H3,(H,23,25)/t16-/m0/s1. The number of rotatable bonds is 6. The van der Waals surface area contributed by atoms with E-state index in [-0.39, 0.29) is 11.1 Å². The van der Waals surface area contributed by atoms with E-state index in [0.717, 1.165) is 13.1 Å². The van der Waals surface area contributed by atoms with Crippen LogP contribution in [-0.2, 0) is 0 Å². The van der Waals surface area contributed by atoms with E-state index in [4.69, 9.17) is 0 Å². The first-order valence-corrected chi connectivity index (χ1v) is 8.00. The molecule has 1 aromatic carbocycles. The van der Waals surface area contributed by atoms with Crippen LogP contribution in [0.15, 0.2) is 48.7 Å². The molecule has 2 aromatic rings. The average molecular weight is 351 g/mol. The predicted octanol–water partition coefficient (Wildman–Crippen LogP) is 3.96. The Bertz CT molecular complexity index is 683. The maximum Gasteiger partial charge on any atom is 0.412 e. The van der Waals surface area contributed by atoms with Crippen LogP contribution >= 0.6 is 0 Å². The average Bonchev–Trinajstić information content (AvgIpc) is 2.61. The molecule has 1 atom stereocenters. The van der Waals surface area contributed by atoms with Crippen molar-refractivity contribution in [2.45, 2.75) is 26.1 Å². The van der Waals surface area contributed by atoms with Gasteiger partial charge in [0.1, 0.15) is 5.82 Å². The summed E-state index contributed by atoms with van der Waals surface area (Å²) in [5, 5.41) is 2.05. The summed E-state index contributed by atoms with van der Waals surface area (Å²) in [5.41, 5.74) is 0.0668. The van der Waals surface area contributed by atoms with Gasteiger partial charge in [0, 0.05) is 19.3 Å². The van der Waals surface area contributed by atoms with Crippen molar-refractivity contribution in [2.24, 2.45) is 0 Å². The van der Waals surface area contributed by atoms with Gasteiger partial charge >= 0.3 is 6.18 Å². The van der Waals surface area contributed by atoms with E-state index in [0.29, 0.717) is 5.82 Å². The van der Waals surface area contributed by atoms with Crippen molar-refractivity contribution in [1.82, 2.24) is 10.3 Å². The highest BCUT2D eigenvalue weighted by Gasteiger charge is 2.41. The SMILES string of the molecule is CCN(CC)c1ccc(C(=O)N[C@@H](c2ccccc2)C(F)(F)F)cn1. The molecule has 0 aliphatic heterocycles. The molecular weight excluding hydrogens is 331 g/mol. The molecule has 0 saturated heterocycles. The number of anilines is 1. The second kappa shape index (κ2) is 8.00. The van der Waals surface area contributed by atoms with Gasteiger partial charge in [-0.25, -0.2) is 4.98 Å². The number of benzene rings is 1. The lowest BCUT2D eigenvalue weighted by molar-refractivity contribution is -0.155. The molecule has 1 heterocycles. The van der Waals surface area contributed by atoms with Gasteiger partial charge in [0.05, 0.1) is 5.56 Å². The molecule has 0 saturated carbocycles. The molecule has 1 amide bonds. The van der Waals surface area contributed by atoms with E-state index in [9.17, 15) is 18.0 Å². The number of hydrogen-bond acceptors (Lipinski definition) is 3. The number of alkyl halides is 3. The van der Waals surface area contributed by atoms with Gasteiger partial charge in [-0.2, -0.15) is 13.2 Å². The van der Waals surface area contributed by atoms with Gasteiger partial charge < -0.3 is 10.2 Å². The number of nitrogens with one attached hydrogen (secondary N) is 1. The Kier molecular flexibility index (Phi) is 6.01. The molecule has 2 rings (SSSR count). The maximum absolute atomic E-state index is 13.3. The van der Waals surface area contributed by atoms with Gasteiger partial charge in [-0.1, -0.05) is 30.3 Å². The molecule has 0 bridgehead atoms. The van der Waals surface area contributed by atoms with Crippen molar-refractivity contribution < 1.29 is 18.0 Å². The monoisotopic (exact) mass is 351 g/mol. The van der Waals surface area contributed by atoms with Crippen molar-refractivity contribution in [1.29, 1.82) is 0 Å². The topological polar surface area (TPSA) is 45.2 Å². The van der Waals surface area contributed by atoms with Gasteiger partial charge in [-0.15, -0.1) is 0 Å². The van der Waals surface area contributed by atoms with Gasteiger partial charge in [0.25, 0.3) is 5.91 Å². The highest BCUT2D eigenvalue weighted by molar-refractivity contribution is 5.94. The van der Waals surface area contributed by atoms with E-state index >= 15 is 0 Å². The quantitative estimate of drug-likeness (QED) is 0.857. The summed E-state index contributed by atoms with van der Waals surface area (Å²) in [6.45, 7) is 5.44. The molecule has 4 nitrogen and oxygen atoms in total. The summed E-state index contributed by atoms with van der Waals surface area (Å²) in [7, 11) is 0. The van der Waals surface area contributed by atoms with Gasteiger partial charge in [0.2, 0.25) is 0 Å². The molecule has 134 valence electrons. The zero-order chi connectivity index (χ0) is 18.4.